The number of rotatable bonds is 5. The lowest BCUT2D eigenvalue weighted by Crippen LogP contribution is -2.42. The van der Waals surface area contributed by atoms with Gasteiger partial charge in [-0.1, -0.05) is 19.3 Å². The standard InChI is InChI=1S/C12H21F2NO2/c1-2-17-11(16)12(13,14)8-10(15)9-6-4-3-5-7-9/h9-10H,2-8,15H2,1H3. The van der Waals surface area contributed by atoms with Crippen LogP contribution in [-0.2, 0) is 9.53 Å². The van der Waals surface area contributed by atoms with Crippen molar-refractivity contribution in [2.75, 3.05) is 6.61 Å². The summed E-state index contributed by atoms with van der Waals surface area (Å²) in [4.78, 5) is 11.1. The Morgan fingerprint density at radius 3 is 2.53 bits per heavy atom. The molecule has 1 rings (SSSR count). The lowest BCUT2D eigenvalue weighted by atomic mass is 9.82. The third-order valence-electron chi connectivity index (χ3n) is 3.32. The quantitative estimate of drug-likeness (QED) is 0.761. The van der Waals surface area contributed by atoms with E-state index < -0.39 is 24.4 Å². The van der Waals surface area contributed by atoms with Gasteiger partial charge in [-0.15, -0.1) is 0 Å². The molecule has 5 heteroatoms. The van der Waals surface area contributed by atoms with Gasteiger partial charge in [-0.3, -0.25) is 0 Å². The van der Waals surface area contributed by atoms with Crippen LogP contribution >= 0.6 is 0 Å². The van der Waals surface area contributed by atoms with Crippen LogP contribution in [0.25, 0.3) is 0 Å². The number of hydrogen-bond acceptors (Lipinski definition) is 3. The summed E-state index contributed by atoms with van der Waals surface area (Å²) in [5.74, 6) is -4.79. The van der Waals surface area contributed by atoms with Crippen LogP contribution in [0.2, 0.25) is 0 Å². The number of alkyl halides is 2. The second-order valence-corrected chi connectivity index (χ2v) is 4.69. The molecule has 1 atom stereocenters. The van der Waals surface area contributed by atoms with Gasteiger partial charge in [0.15, 0.2) is 0 Å². The van der Waals surface area contributed by atoms with Crippen molar-refractivity contribution in [3.05, 3.63) is 0 Å². The molecule has 0 aromatic carbocycles. The van der Waals surface area contributed by atoms with E-state index in [0.29, 0.717) is 0 Å². The van der Waals surface area contributed by atoms with E-state index in [1.165, 1.54) is 6.92 Å². The lowest BCUT2D eigenvalue weighted by Gasteiger charge is -2.29. The van der Waals surface area contributed by atoms with Gasteiger partial charge in [0.2, 0.25) is 0 Å². The minimum absolute atomic E-state index is 0.0346. The lowest BCUT2D eigenvalue weighted by molar-refractivity contribution is -0.173. The number of carbonyl (C=O) groups excluding carboxylic acids is 1. The van der Waals surface area contributed by atoms with Crippen LogP contribution < -0.4 is 5.73 Å². The minimum atomic E-state index is -3.45. The van der Waals surface area contributed by atoms with Crippen molar-refractivity contribution in [1.29, 1.82) is 0 Å². The Labute approximate surface area is 101 Å². The molecule has 0 saturated heterocycles. The third-order valence-corrected chi connectivity index (χ3v) is 3.32. The van der Waals surface area contributed by atoms with Gasteiger partial charge < -0.3 is 10.5 Å². The maximum absolute atomic E-state index is 13.5. The van der Waals surface area contributed by atoms with Crippen LogP contribution in [-0.4, -0.2) is 24.5 Å². The molecule has 0 amide bonds. The number of ether oxygens (including phenoxy) is 1. The van der Waals surface area contributed by atoms with E-state index in [1.54, 1.807) is 0 Å². The van der Waals surface area contributed by atoms with Gasteiger partial charge in [0.25, 0.3) is 0 Å². The molecule has 0 spiro atoms. The molecule has 0 aromatic heterocycles. The Morgan fingerprint density at radius 1 is 1.41 bits per heavy atom. The summed E-state index contributed by atoms with van der Waals surface area (Å²) in [5, 5.41) is 0. The summed E-state index contributed by atoms with van der Waals surface area (Å²) < 4.78 is 31.3. The summed E-state index contributed by atoms with van der Waals surface area (Å²) in [6.45, 7) is 1.47. The van der Waals surface area contributed by atoms with E-state index in [0.717, 1.165) is 32.1 Å². The normalized spacial score (nSPS) is 20.0. The van der Waals surface area contributed by atoms with Gasteiger partial charge in [-0.05, 0) is 25.7 Å². The summed E-state index contributed by atoms with van der Waals surface area (Å²) in [5.41, 5.74) is 5.78. The van der Waals surface area contributed by atoms with Crippen LogP contribution in [0.15, 0.2) is 0 Å². The largest absolute Gasteiger partial charge is 0.462 e. The fraction of sp³-hybridized carbons (Fsp3) is 0.917. The fourth-order valence-electron chi connectivity index (χ4n) is 2.35. The number of esters is 1. The maximum atomic E-state index is 13.5. The number of halogens is 2. The fourth-order valence-corrected chi connectivity index (χ4v) is 2.35. The van der Waals surface area contributed by atoms with Crippen LogP contribution in [0.1, 0.15) is 45.4 Å². The molecule has 100 valence electrons. The van der Waals surface area contributed by atoms with E-state index in [-0.39, 0.29) is 12.5 Å². The molecule has 1 aliphatic carbocycles. The highest BCUT2D eigenvalue weighted by Gasteiger charge is 2.43. The highest BCUT2D eigenvalue weighted by Crippen LogP contribution is 2.31. The summed E-state index contributed by atoms with van der Waals surface area (Å²) >= 11 is 0. The number of carbonyl (C=O) groups is 1. The van der Waals surface area contributed by atoms with Crippen molar-refractivity contribution in [3.63, 3.8) is 0 Å². The first kappa shape index (κ1) is 14.4. The first-order valence-corrected chi connectivity index (χ1v) is 6.28. The highest BCUT2D eigenvalue weighted by molar-refractivity contribution is 5.77. The average Bonchev–Trinajstić information content (AvgIpc) is 2.30. The molecule has 1 aliphatic rings. The molecule has 2 N–H and O–H groups in total. The predicted octanol–water partition coefficient (Wildman–Crippen LogP) is 2.48. The van der Waals surface area contributed by atoms with Gasteiger partial charge in [-0.2, -0.15) is 8.78 Å². The van der Waals surface area contributed by atoms with E-state index in [1.807, 2.05) is 0 Å². The zero-order chi connectivity index (χ0) is 12.9. The molecule has 0 heterocycles. The van der Waals surface area contributed by atoms with E-state index >= 15 is 0 Å². The first-order valence-electron chi connectivity index (χ1n) is 6.28. The molecule has 1 unspecified atom stereocenters. The van der Waals surface area contributed by atoms with Crippen molar-refractivity contribution in [3.8, 4) is 0 Å². The number of nitrogens with two attached hydrogens (primary N) is 1. The Kier molecular flexibility index (Phi) is 5.31. The van der Waals surface area contributed by atoms with Gasteiger partial charge in [-0.25, -0.2) is 4.79 Å². The SMILES string of the molecule is CCOC(=O)C(F)(F)CC(N)C1CCCCC1. The molecule has 0 radical (unpaired) electrons. The molecule has 0 aliphatic heterocycles. The zero-order valence-electron chi connectivity index (χ0n) is 10.3. The minimum Gasteiger partial charge on any atom is -0.462 e. The Balaban J connectivity index is 2.47. The van der Waals surface area contributed by atoms with Gasteiger partial charge in [0, 0.05) is 12.5 Å². The second kappa shape index (κ2) is 6.28. The molecule has 1 saturated carbocycles. The maximum Gasteiger partial charge on any atom is 0.377 e. The van der Waals surface area contributed by atoms with Crippen LogP contribution in [0.3, 0.4) is 0 Å². The molecular formula is C12H21F2NO2. The average molecular weight is 249 g/mol. The number of hydrogen-bond donors (Lipinski definition) is 1. The Hall–Kier alpha value is -0.710. The van der Waals surface area contributed by atoms with Crippen LogP contribution in [0.4, 0.5) is 8.78 Å². The molecule has 17 heavy (non-hydrogen) atoms. The van der Waals surface area contributed by atoms with Crippen molar-refractivity contribution >= 4 is 5.97 Å². The first-order chi connectivity index (χ1) is 7.97. The van der Waals surface area contributed by atoms with E-state index in [2.05, 4.69) is 4.74 Å². The van der Waals surface area contributed by atoms with Gasteiger partial charge in [0.05, 0.1) is 6.61 Å². The van der Waals surface area contributed by atoms with Crippen LogP contribution in [0.5, 0.6) is 0 Å². The van der Waals surface area contributed by atoms with Crippen molar-refractivity contribution in [2.45, 2.75) is 57.4 Å². The van der Waals surface area contributed by atoms with Gasteiger partial charge in [0.1, 0.15) is 0 Å². The van der Waals surface area contributed by atoms with Crippen molar-refractivity contribution < 1.29 is 18.3 Å². The van der Waals surface area contributed by atoms with E-state index in [4.69, 9.17) is 5.73 Å². The van der Waals surface area contributed by atoms with Crippen molar-refractivity contribution in [2.24, 2.45) is 11.7 Å². The predicted molar refractivity (Wildman–Crippen MR) is 60.7 cm³/mol. The molecule has 3 nitrogen and oxygen atoms in total. The molecular weight excluding hydrogens is 228 g/mol. The topological polar surface area (TPSA) is 52.3 Å². The highest BCUT2D eigenvalue weighted by atomic mass is 19.3. The Bertz CT molecular complexity index is 253. The van der Waals surface area contributed by atoms with Crippen molar-refractivity contribution in [1.82, 2.24) is 0 Å². The molecule has 0 aromatic rings. The van der Waals surface area contributed by atoms with E-state index in [9.17, 15) is 13.6 Å². The van der Waals surface area contributed by atoms with Crippen LogP contribution in [0, 0.1) is 5.92 Å². The molecule has 0 bridgehead atoms. The molecule has 1 fully saturated rings. The summed E-state index contributed by atoms with van der Waals surface area (Å²) in [6.07, 6.45) is 4.42. The monoisotopic (exact) mass is 249 g/mol. The summed E-state index contributed by atoms with van der Waals surface area (Å²) in [6, 6.07) is -0.616. The Morgan fingerprint density at radius 2 is 2.00 bits per heavy atom. The summed E-state index contributed by atoms with van der Waals surface area (Å²) in [7, 11) is 0. The zero-order valence-corrected chi connectivity index (χ0v) is 10.3. The second-order valence-electron chi connectivity index (χ2n) is 4.69. The van der Waals surface area contributed by atoms with Gasteiger partial charge >= 0.3 is 11.9 Å². The smallest absolute Gasteiger partial charge is 0.377 e. The third kappa shape index (κ3) is 4.22.